The lowest BCUT2D eigenvalue weighted by Crippen LogP contribution is -1.99. The standard InChI is InChI=1S/C14H13N5O2/c1-8-11(6-9-4-5-10(20-3)7-16-9)12(15-2)13-14(17-8)19-21-18-13/h4-5,7H,2,6H2,1,3H3. The molecule has 0 atom stereocenters. The second-order valence-corrected chi connectivity index (χ2v) is 4.49. The van der Waals surface area contributed by atoms with Gasteiger partial charge in [0.2, 0.25) is 5.65 Å². The molecule has 3 heterocycles. The van der Waals surface area contributed by atoms with Gasteiger partial charge in [-0.25, -0.2) is 9.61 Å². The van der Waals surface area contributed by atoms with Gasteiger partial charge in [-0.05, 0) is 36.1 Å². The van der Waals surface area contributed by atoms with Gasteiger partial charge in [0.05, 0.1) is 13.3 Å². The average molecular weight is 283 g/mol. The summed E-state index contributed by atoms with van der Waals surface area (Å²) in [6, 6.07) is 3.76. The lowest BCUT2D eigenvalue weighted by Gasteiger charge is -2.08. The summed E-state index contributed by atoms with van der Waals surface area (Å²) in [4.78, 5) is 12.8. The second-order valence-electron chi connectivity index (χ2n) is 4.49. The summed E-state index contributed by atoms with van der Waals surface area (Å²) < 4.78 is 9.82. The molecule has 3 rings (SSSR count). The van der Waals surface area contributed by atoms with Crippen LogP contribution in [0.4, 0.5) is 5.69 Å². The van der Waals surface area contributed by atoms with E-state index in [1.165, 1.54) is 0 Å². The Balaban J connectivity index is 2.06. The van der Waals surface area contributed by atoms with E-state index in [1.54, 1.807) is 13.3 Å². The number of nitrogens with zero attached hydrogens (tertiary/aromatic N) is 5. The molecule has 0 fully saturated rings. The van der Waals surface area contributed by atoms with E-state index < -0.39 is 0 Å². The van der Waals surface area contributed by atoms with E-state index in [4.69, 9.17) is 9.37 Å². The Kier molecular flexibility index (Phi) is 3.31. The molecule has 0 bridgehead atoms. The molecule has 0 N–H and O–H groups in total. The van der Waals surface area contributed by atoms with E-state index in [0.717, 1.165) is 17.0 Å². The molecule has 0 aliphatic carbocycles. The molecule has 0 aliphatic rings. The van der Waals surface area contributed by atoms with Crippen molar-refractivity contribution in [1.82, 2.24) is 20.3 Å². The normalized spacial score (nSPS) is 10.8. The Morgan fingerprint density at radius 3 is 2.86 bits per heavy atom. The Hall–Kier alpha value is -2.83. The smallest absolute Gasteiger partial charge is 0.226 e. The highest BCUT2D eigenvalue weighted by molar-refractivity contribution is 5.86. The highest BCUT2D eigenvalue weighted by Crippen LogP contribution is 2.30. The van der Waals surface area contributed by atoms with Crippen molar-refractivity contribution in [2.45, 2.75) is 13.3 Å². The molecular weight excluding hydrogens is 270 g/mol. The maximum atomic E-state index is 5.10. The number of methoxy groups -OCH3 is 1. The molecule has 0 aromatic carbocycles. The summed E-state index contributed by atoms with van der Waals surface area (Å²) in [6.45, 7) is 5.49. The van der Waals surface area contributed by atoms with E-state index in [0.29, 0.717) is 29.0 Å². The minimum atomic E-state index is 0.432. The summed E-state index contributed by atoms with van der Waals surface area (Å²) in [6.07, 6.45) is 2.25. The number of fused-ring (bicyclic) bond motifs is 1. The van der Waals surface area contributed by atoms with Crippen molar-refractivity contribution in [3.8, 4) is 5.75 Å². The number of hydrogen-bond acceptors (Lipinski definition) is 7. The third kappa shape index (κ3) is 2.33. The third-order valence-electron chi connectivity index (χ3n) is 3.24. The zero-order chi connectivity index (χ0) is 14.8. The molecule has 0 spiro atoms. The minimum Gasteiger partial charge on any atom is -0.495 e. The van der Waals surface area contributed by atoms with Gasteiger partial charge in [-0.3, -0.25) is 9.98 Å². The number of aliphatic imine (C=N–C) groups is 1. The van der Waals surface area contributed by atoms with Gasteiger partial charge >= 0.3 is 0 Å². The van der Waals surface area contributed by atoms with Crippen LogP contribution >= 0.6 is 0 Å². The molecular formula is C14H13N5O2. The van der Waals surface area contributed by atoms with Gasteiger partial charge in [-0.2, -0.15) is 0 Å². The van der Waals surface area contributed by atoms with E-state index >= 15 is 0 Å². The number of hydrogen-bond donors (Lipinski definition) is 0. The van der Waals surface area contributed by atoms with Gasteiger partial charge in [-0.1, -0.05) is 0 Å². The first-order chi connectivity index (χ1) is 10.2. The third-order valence-corrected chi connectivity index (χ3v) is 3.24. The maximum Gasteiger partial charge on any atom is 0.226 e. The molecule has 106 valence electrons. The Morgan fingerprint density at radius 1 is 1.33 bits per heavy atom. The first-order valence-electron chi connectivity index (χ1n) is 6.30. The van der Waals surface area contributed by atoms with Crippen LogP contribution < -0.4 is 4.74 Å². The number of aromatic nitrogens is 4. The molecule has 21 heavy (non-hydrogen) atoms. The largest absolute Gasteiger partial charge is 0.495 e. The molecule has 0 radical (unpaired) electrons. The number of rotatable bonds is 4. The molecule has 3 aromatic rings. The van der Waals surface area contributed by atoms with Gasteiger partial charge in [0.15, 0.2) is 5.52 Å². The molecule has 0 amide bonds. The van der Waals surface area contributed by atoms with Gasteiger partial charge < -0.3 is 4.74 Å². The minimum absolute atomic E-state index is 0.432. The van der Waals surface area contributed by atoms with Gasteiger partial charge in [-0.15, -0.1) is 0 Å². The van der Waals surface area contributed by atoms with Crippen LogP contribution in [0.2, 0.25) is 0 Å². The van der Waals surface area contributed by atoms with Crippen molar-refractivity contribution in [3.63, 3.8) is 0 Å². The SMILES string of the molecule is C=Nc1c(Cc2ccc(OC)cn2)c(C)nc2nonc12. The van der Waals surface area contributed by atoms with E-state index in [1.807, 2.05) is 19.1 Å². The zero-order valence-electron chi connectivity index (χ0n) is 11.7. The predicted molar refractivity (Wildman–Crippen MR) is 77.1 cm³/mol. The van der Waals surface area contributed by atoms with Gasteiger partial charge in [0.25, 0.3) is 0 Å². The summed E-state index contributed by atoms with van der Waals surface area (Å²) in [5, 5.41) is 7.58. The summed E-state index contributed by atoms with van der Waals surface area (Å²) >= 11 is 0. The molecule has 7 nitrogen and oxygen atoms in total. The molecule has 0 saturated carbocycles. The molecule has 0 aliphatic heterocycles. The molecule has 0 saturated heterocycles. The number of aryl methyl sites for hydroxylation is 1. The summed E-state index contributed by atoms with van der Waals surface area (Å²) in [7, 11) is 1.61. The number of ether oxygens (including phenoxy) is 1. The van der Waals surface area contributed by atoms with Crippen molar-refractivity contribution in [3.05, 3.63) is 35.3 Å². The fourth-order valence-electron chi connectivity index (χ4n) is 2.15. The molecule has 7 heteroatoms. The summed E-state index contributed by atoms with van der Waals surface area (Å²) in [5.41, 5.74) is 4.17. The van der Waals surface area contributed by atoms with Crippen LogP contribution in [0.3, 0.4) is 0 Å². The van der Waals surface area contributed by atoms with E-state index in [2.05, 4.69) is 32.0 Å². The van der Waals surface area contributed by atoms with E-state index in [-0.39, 0.29) is 0 Å². The fourth-order valence-corrected chi connectivity index (χ4v) is 2.15. The lowest BCUT2D eigenvalue weighted by atomic mass is 10.1. The highest BCUT2D eigenvalue weighted by atomic mass is 16.6. The van der Waals surface area contributed by atoms with Crippen molar-refractivity contribution >= 4 is 23.6 Å². The van der Waals surface area contributed by atoms with Crippen LogP contribution in [-0.2, 0) is 6.42 Å². The summed E-state index contributed by atoms with van der Waals surface area (Å²) in [5.74, 6) is 0.715. The highest BCUT2D eigenvalue weighted by Gasteiger charge is 2.16. The van der Waals surface area contributed by atoms with Crippen molar-refractivity contribution < 1.29 is 9.37 Å². The molecule has 3 aromatic heterocycles. The van der Waals surface area contributed by atoms with Gasteiger partial charge in [0.1, 0.15) is 11.4 Å². The van der Waals surface area contributed by atoms with Crippen LogP contribution in [0.25, 0.3) is 11.2 Å². The van der Waals surface area contributed by atoms with Crippen molar-refractivity contribution in [2.24, 2.45) is 4.99 Å². The lowest BCUT2D eigenvalue weighted by molar-refractivity contribution is 0.315. The Labute approximate surface area is 120 Å². The molecule has 0 unspecified atom stereocenters. The van der Waals surface area contributed by atoms with Crippen LogP contribution in [0.15, 0.2) is 28.0 Å². The zero-order valence-corrected chi connectivity index (χ0v) is 11.7. The Morgan fingerprint density at radius 2 is 2.19 bits per heavy atom. The monoisotopic (exact) mass is 283 g/mol. The first kappa shape index (κ1) is 13.2. The number of pyridine rings is 2. The average Bonchev–Trinajstić information content (AvgIpc) is 2.96. The van der Waals surface area contributed by atoms with E-state index in [9.17, 15) is 0 Å². The maximum absolute atomic E-state index is 5.10. The topological polar surface area (TPSA) is 86.3 Å². The Bertz CT molecular complexity index is 795. The first-order valence-corrected chi connectivity index (χ1v) is 6.30. The fraction of sp³-hybridized carbons (Fsp3) is 0.214. The van der Waals surface area contributed by atoms with Crippen molar-refractivity contribution in [1.29, 1.82) is 0 Å². The predicted octanol–water partition coefficient (Wildman–Crippen LogP) is 2.25. The quantitative estimate of drug-likeness (QED) is 0.682. The van der Waals surface area contributed by atoms with Crippen LogP contribution in [0.1, 0.15) is 17.0 Å². The second kappa shape index (κ2) is 5.28. The van der Waals surface area contributed by atoms with Crippen LogP contribution in [0, 0.1) is 6.92 Å². The van der Waals surface area contributed by atoms with Crippen LogP contribution in [-0.4, -0.2) is 34.1 Å². The van der Waals surface area contributed by atoms with Crippen molar-refractivity contribution in [2.75, 3.05) is 7.11 Å². The van der Waals surface area contributed by atoms with Gasteiger partial charge in [0, 0.05) is 23.4 Å². The van der Waals surface area contributed by atoms with Crippen LogP contribution in [0.5, 0.6) is 5.75 Å².